The number of nitrogens with zero attached hydrogens (tertiary/aromatic N) is 5. The second kappa shape index (κ2) is 8.57. The van der Waals surface area contributed by atoms with Crippen molar-refractivity contribution in [2.24, 2.45) is 5.18 Å². The van der Waals surface area contributed by atoms with Crippen LogP contribution in [-0.4, -0.2) is 57.3 Å². The Kier molecular flexibility index (Phi) is 6.19. The summed E-state index contributed by atoms with van der Waals surface area (Å²) in [5.74, 6) is 1.11. The molecule has 1 atom stereocenters. The summed E-state index contributed by atoms with van der Waals surface area (Å²) in [4.78, 5) is 21.3. The maximum atomic E-state index is 12.1. The number of hydrogen-bond donors (Lipinski definition) is 0. The molecule has 0 radical (unpaired) electrons. The van der Waals surface area contributed by atoms with Gasteiger partial charge in [0.1, 0.15) is 23.8 Å². The third kappa shape index (κ3) is 4.46. The maximum absolute atomic E-state index is 12.1. The summed E-state index contributed by atoms with van der Waals surface area (Å²) in [6.45, 7) is 2.79. The van der Waals surface area contributed by atoms with E-state index in [0.717, 1.165) is 11.5 Å². The fourth-order valence-corrected chi connectivity index (χ4v) is 3.92. The molecule has 0 aromatic carbocycles. The second-order valence-electron chi connectivity index (χ2n) is 5.51. The predicted octanol–water partition coefficient (Wildman–Crippen LogP) is 2.35. The zero-order valence-corrected chi connectivity index (χ0v) is 15.1. The van der Waals surface area contributed by atoms with Crippen LogP contribution < -0.4 is 4.90 Å². The zero-order valence-electron chi connectivity index (χ0n) is 13.5. The summed E-state index contributed by atoms with van der Waals surface area (Å²) in [5.41, 5.74) is 1.39. The molecule has 132 valence electrons. The topological polar surface area (TPSA) is 84.8 Å². The van der Waals surface area contributed by atoms with Crippen molar-refractivity contribution in [1.29, 1.82) is 0 Å². The monoisotopic (exact) mass is 379 g/mol. The number of halogens is 1. The van der Waals surface area contributed by atoms with E-state index >= 15 is 0 Å². The van der Waals surface area contributed by atoms with E-state index in [1.807, 2.05) is 34.6 Å². The van der Waals surface area contributed by atoms with Gasteiger partial charge in [0, 0.05) is 30.6 Å². The Hall–Kier alpha value is -1.74. The Labute approximate surface area is 154 Å². The number of pyridine rings is 2. The summed E-state index contributed by atoms with van der Waals surface area (Å²) >= 11 is 5.13. The number of anilines is 1. The first-order valence-corrected chi connectivity index (χ1v) is 9.60. The molecule has 0 N–H and O–H groups in total. The highest BCUT2D eigenvalue weighted by Crippen LogP contribution is 2.27. The third-order valence-electron chi connectivity index (χ3n) is 3.95. The number of aromatic nitrogens is 2. The Morgan fingerprint density at radius 2 is 2.00 bits per heavy atom. The van der Waals surface area contributed by atoms with Crippen LogP contribution in [0.2, 0.25) is 5.02 Å². The molecular formula is C16H18ClN5O2S. The van der Waals surface area contributed by atoms with E-state index in [4.69, 9.17) is 11.6 Å². The summed E-state index contributed by atoms with van der Waals surface area (Å²) < 4.78 is 13.9. The molecule has 1 unspecified atom stereocenters. The van der Waals surface area contributed by atoms with Gasteiger partial charge in [-0.3, -0.25) is 4.98 Å². The molecule has 3 heterocycles. The van der Waals surface area contributed by atoms with Crippen molar-refractivity contribution in [3.8, 4) is 11.4 Å². The molecule has 2 aromatic rings. The van der Waals surface area contributed by atoms with E-state index < -0.39 is 11.4 Å². The Morgan fingerprint density at radius 1 is 1.20 bits per heavy atom. The number of hydrogen-bond acceptors (Lipinski definition) is 7. The largest absolute Gasteiger partial charge is 0.598 e. The predicted molar refractivity (Wildman–Crippen MR) is 99.9 cm³/mol. The van der Waals surface area contributed by atoms with Crippen LogP contribution in [-0.2, 0) is 11.4 Å². The van der Waals surface area contributed by atoms with Crippen molar-refractivity contribution in [1.82, 2.24) is 14.3 Å². The molecule has 25 heavy (non-hydrogen) atoms. The maximum Gasteiger partial charge on any atom is 0.148 e. The lowest BCUT2D eigenvalue weighted by Gasteiger charge is -2.35. The van der Waals surface area contributed by atoms with Crippen molar-refractivity contribution >= 4 is 28.8 Å². The first kappa shape index (κ1) is 18.1. The van der Waals surface area contributed by atoms with E-state index in [1.54, 1.807) is 6.20 Å². The highest BCUT2D eigenvalue weighted by atomic mass is 35.5. The normalized spacial score (nSPS) is 16.6. The lowest BCUT2D eigenvalue weighted by atomic mass is 10.2. The highest BCUT2D eigenvalue weighted by Gasteiger charge is 2.26. The molecule has 1 saturated heterocycles. The van der Waals surface area contributed by atoms with Crippen LogP contribution in [0.25, 0.3) is 11.4 Å². The molecule has 7 nitrogen and oxygen atoms in total. The summed E-state index contributed by atoms with van der Waals surface area (Å²) in [7, 11) is 0. The first-order valence-electron chi connectivity index (χ1n) is 7.94. The van der Waals surface area contributed by atoms with Crippen molar-refractivity contribution in [3.05, 3.63) is 46.5 Å². The Morgan fingerprint density at radius 3 is 2.68 bits per heavy atom. The van der Waals surface area contributed by atoms with Crippen LogP contribution in [0.4, 0.5) is 5.82 Å². The first-order chi connectivity index (χ1) is 12.2. The molecule has 0 bridgehead atoms. The Bertz CT molecular complexity index is 713. The van der Waals surface area contributed by atoms with Gasteiger partial charge in [-0.25, -0.2) is 4.98 Å². The van der Waals surface area contributed by atoms with Gasteiger partial charge in [-0.2, -0.15) is 4.91 Å². The molecule has 0 saturated carbocycles. The van der Waals surface area contributed by atoms with Crippen LogP contribution in [0.3, 0.4) is 0 Å². The average molecular weight is 380 g/mol. The van der Waals surface area contributed by atoms with Crippen LogP contribution >= 0.6 is 11.6 Å². The van der Waals surface area contributed by atoms with E-state index in [0.29, 0.717) is 36.9 Å². The third-order valence-corrected chi connectivity index (χ3v) is 5.72. The van der Waals surface area contributed by atoms with Gasteiger partial charge in [0.15, 0.2) is 0 Å². The van der Waals surface area contributed by atoms with E-state index in [2.05, 4.69) is 20.0 Å². The summed E-state index contributed by atoms with van der Waals surface area (Å²) in [6, 6.07) is 9.34. The van der Waals surface area contributed by atoms with E-state index in [1.165, 1.54) is 0 Å². The van der Waals surface area contributed by atoms with Gasteiger partial charge in [-0.05, 0) is 24.3 Å². The van der Waals surface area contributed by atoms with Gasteiger partial charge in [0.25, 0.3) is 0 Å². The second-order valence-corrected chi connectivity index (χ2v) is 7.48. The minimum atomic E-state index is -1.15. The SMILES string of the molecule is O=NCC[S+]([O-])N1CCN(c2ccc(Cl)c(-c3ccccn3)n2)CC1. The molecule has 1 aliphatic heterocycles. The van der Waals surface area contributed by atoms with Crippen molar-refractivity contribution in [2.75, 3.05) is 43.4 Å². The molecule has 9 heteroatoms. The standard InChI is InChI=1S/C16H18ClN5O2S/c17-13-4-5-15(20-16(13)14-3-1-2-6-18-14)21-8-10-22(11-9-21)25(24)12-7-19-23/h1-6H,7-12H2. The van der Waals surface area contributed by atoms with Gasteiger partial charge in [-0.1, -0.05) is 22.8 Å². The van der Waals surface area contributed by atoms with Gasteiger partial charge in [0.05, 0.1) is 23.8 Å². The van der Waals surface area contributed by atoms with Crippen molar-refractivity contribution in [2.45, 2.75) is 0 Å². The van der Waals surface area contributed by atoms with Crippen molar-refractivity contribution < 1.29 is 4.55 Å². The molecule has 2 aromatic heterocycles. The molecular weight excluding hydrogens is 362 g/mol. The van der Waals surface area contributed by atoms with Crippen LogP contribution in [0.1, 0.15) is 0 Å². The number of rotatable bonds is 6. The Balaban J connectivity index is 1.69. The summed E-state index contributed by atoms with van der Waals surface area (Å²) in [5, 5.41) is 3.33. The minimum Gasteiger partial charge on any atom is -0.598 e. The van der Waals surface area contributed by atoms with E-state index in [9.17, 15) is 9.46 Å². The van der Waals surface area contributed by atoms with Crippen molar-refractivity contribution in [3.63, 3.8) is 0 Å². The fraction of sp³-hybridized carbons (Fsp3) is 0.375. The molecule has 1 aliphatic rings. The van der Waals surface area contributed by atoms with Crippen LogP contribution in [0, 0.1) is 4.91 Å². The number of piperazine rings is 1. The summed E-state index contributed by atoms with van der Waals surface area (Å²) in [6.07, 6.45) is 1.71. The van der Waals surface area contributed by atoms with E-state index in [-0.39, 0.29) is 12.3 Å². The molecule has 0 aliphatic carbocycles. The van der Waals surface area contributed by atoms with Crippen LogP contribution in [0.15, 0.2) is 41.7 Å². The molecule has 0 amide bonds. The lowest BCUT2D eigenvalue weighted by Crippen LogP contribution is -2.49. The van der Waals surface area contributed by atoms with Gasteiger partial charge in [-0.15, -0.1) is 4.31 Å². The average Bonchev–Trinajstić information content (AvgIpc) is 2.67. The smallest absolute Gasteiger partial charge is 0.148 e. The fourth-order valence-electron chi connectivity index (χ4n) is 2.66. The minimum absolute atomic E-state index is 0.0823. The molecule has 1 fully saturated rings. The van der Waals surface area contributed by atoms with Crippen LogP contribution in [0.5, 0.6) is 0 Å². The lowest BCUT2D eigenvalue weighted by molar-refractivity contribution is 0.384. The molecule has 0 spiro atoms. The zero-order chi connectivity index (χ0) is 17.6. The highest BCUT2D eigenvalue weighted by molar-refractivity contribution is 7.89. The quantitative estimate of drug-likeness (QED) is 0.565. The van der Waals surface area contributed by atoms with Gasteiger partial charge in [0.2, 0.25) is 0 Å². The number of nitroso groups, excluding NO2 is 1. The molecule has 3 rings (SSSR count). The van der Waals surface area contributed by atoms with Gasteiger partial charge >= 0.3 is 0 Å². The van der Waals surface area contributed by atoms with Gasteiger partial charge < -0.3 is 9.45 Å².